The molecule has 3 aliphatic rings. The van der Waals surface area contributed by atoms with Crippen LogP contribution in [0.15, 0.2) is 24.3 Å². The first-order valence-corrected chi connectivity index (χ1v) is 12.6. The average molecular weight is 434 g/mol. The molecule has 1 aromatic carbocycles. The summed E-state index contributed by atoms with van der Waals surface area (Å²) < 4.78 is 7.07. The third-order valence-electron chi connectivity index (χ3n) is 8.03. The minimum Gasteiger partial charge on any atom is -0.388 e. The minimum atomic E-state index is -0.459. The number of aliphatic hydroxyl groups excluding tert-OH is 1. The van der Waals surface area contributed by atoms with Crippen molar-refractivity contribution in [2.45, 2.75) is 110 Å². The summed E-state index contributed by atoms with van der Waals surface area (Å²) in [6.45, 7) is 13.5. The fraction of sp³-hybridized carbons (Fsp3) is 0.621. The highest BCUT2D eigenvalue weighted by Crippen LogP contribution is 2.59. The first kappa shape index (κ1) is 22.1. The first-order valence-electron chi connectivity index (χ1n) is 12.6. The van der Waals surface area contributed by atoms with Gasteiger partial charge in [0.25, 0.3) is 0 Å². The summed E-state index contributed by atoms with van der Waals surface area (Å²) >= 11 is 0. The summed E-state index contributed by atoms with van der Waals surface area (Å²) in [6.07, 6.45) is 5.63. The molecule has 0 amide bonds. The average Bonchev–Trinajstić information content (AvgIpc) is 3.32. The van der Waals surface area contributed by atoms with Crippen molar-refractivity contribution in [3.63, 3.8) is 0 Å². The molecule has 5 rings (SSSR count). The van der Waals surface area contributed by atoms with Gasteiger partial charge in [-0.2, -0.15) is 0 Å². The molecule has 2 aromatic rings. The third kappa shape index (κ3) is 3.44. The van der Waals surface area contributed by atoms with Gasteiger partial charge in [-0.25, -0.2) is 0 Å². The number of benzene rings is 1. The molecule has 3 heteroatoms. The van der Waals surface area contributed by atoms with E-state index < -0.39 is 6.10 Å². The minimum absolute atomic E-state index is 0.0658. The molecule has 0 radical (unpaired) electrons. The van der Waals surface area contributed by atoms with E-state index >= 15 is 0 Å². The van der Waals surface area contributed by atoms with Gasteiger partial charge < -0.3 is 9.84 Å². The summed E-state index contributed by atoms with van der Waals surface area (Å²) in [7, 11) is 0. The van der Waals surface area contributed by atoms with Crippen molar-refractivity contribution in [2.24, 2.45) is 5.41 Å². The molecule has 0 saturated heterocycles. The molecular weight excluding hydrogens is 394 g/mol. The maximum Gasteiger partial charge on any atom is 0.111 e. The van der Waals surface area contributed by atoms with Gasteiger partial charge in [0.2, 0.25) is 0 Å². The quantitative estimate of drug-likeness (QED) is 0.555. The second kappa shape index (κ2) is 7.67. The molecule has 1 aliphatic heterocycles. The van der Waals surface area contributed by atoms with Crippen LogP contribution < -0.4 is 0 Å². The van der Waals surface area contributed by atoms with Crippen molar-refractivity contribution in [1.29, 1.82) is 0 Å². The second-order valence-electron chi connectivity index (χ2n) is 11.9. The summed E-state index contributed by atoms with van der Waals surface area (Å²) in [5.74, 6) is 0.828. The molecule has 172 valence electrons. The number of aromatic nitrogens is 1. The van der Waals surface area contributed by atoms with Crippen LogP contribution in [0.1, 0.15) is 137 Å². The van der Waals surface area contributed by atoms with E-state index in [1.165, 1.54) is 40.8 Å². The van der Waals surface area contributed by atoms with E-state index in [0.717, 1.165) is 36.9 Å². The molecule has 0 unspecified atom stereocenters. The maximum atomic E-state index is 11.4. The number of rotatable bonds is 3. The van der Waals surface area contributed by atoms with Gasteiger partial charge in [-0.3, -0.25) is 4.98 Å². The standard InChI is InChI=1S/C29H39NO2/c1-17(2)19-9-11-20(12-10-19)27-24-25(29(32-27)13-7-8-14-29)23-21(30-26(24)18(3)4)15-28(5,6)16-22(23)31/h9-12,17-18,22,27,31H,7-8,13-16H2,1-6H3/t22-,27+/m0/s1. The van der Waals surface area contributed by atoms with E-state index in [4.69, 9.17) is 9.72 Å². The van der Waals surface area contributed by atoms with E-state index in [2.05, 4.69) is 65.8 Å². The van der Waals surface area contributed by atoms with Gasteiger partial charge in [0.15, 0.2) is 0 Å². The zero-order valence-corrected chi connectivity index (χ0v) is 20.7. The highest BCUT2D eigenvalue weighted by Gasteiger charge is 2.52. The van der Waals surface area contributed by atoms with Crippen molar-refractivity contribution >= 4 is 0 Å². The number of hydrogen-bond acceptors (Lipinski definition) is 3. The van der Waals surface area contributed by atoms with Crippen LogP contribution >= 0.6 is 0 Å². The molecular formula is C29H39NO2. The second-order valence-corrected chi connectivity index (χ2v) is 11.9. The highest BCUT2D eigenvalue weighted by atomic mass is 16.5. The molecule has 3 nitrogen and oxygen atoms in total. The first-order chi connectivity index (χ1) is 15.1. The largest absolute Gasteiger partial charge is 0.388 e. The molecule has 1 aromatic heterocycles. The molecule has 1 fully saturated rings. The lowest BCUT2D eigenvalue weighted by Gasteiger charge is -2.38. The lowest BCUT2D eigenvalue weighted by molar-refractivity contribution is -0.0580. The molecule has 1 spiro atoms. The fourth-order valence-electron chi connectivity index (χ4n) is 6.47. The molecule has 32 heavy (non-hydrogen) atoms. The third-order valence-corrected chi connectivity index (χ3v) is 8.03. The lowest BCUT2D eigenvalue weighted by Crippen LogP contribution is -2.32. The van der Waals surface area contributed by atoms with E-state index in [1.54, 1.807) is 0 Å². The predicted octanol–water partition coefficient (Wildman–Crippen LogP) is 7.22. The Labute approximate surface area is 193 Å². The van der Waals surface area contributed by atoms with Crippen LogP contribution in [0.25, 0.3) is 0 Å². The van der Waals surface area contributed by atoms with Crippen LogP contribution in [-0.2, 0) is 16.8 Å². The monoisotopic (exact) mass is 433 g/mol. The molecule has 2 atom stereocenters. The van der Waals surface area contributed by atoms with Gasteiger partial charge in [-0.1, -0.05) is 78.6 Å². The lowest BCUT2D eigenvalue weighted by atomic mass is 9.70. The van der Waals surface area contributed by atoms with Crippen LogP contribution in [0, 0.1) is 5.41 Å². The normalized spacial score (nSPS) is 25.5. The van der Waals surface area contributed by atoms with Crippen LogP contribution in [-0.4, -0.2) is 10.1 Å². The van der Waals surface area contributed by atoms with Gasteiger partial charge in [-0.15, -0.1) is 0 Å². The smallest absolute Gasteiger partial charge is 0.111 e. The molecule has 0 bridgehead atoms. The van der Waals surface area contributed by atoms with Crippen molar-refractivity contribution in [2.75, 3.05) is 0 Å². The fourth-order valence-corrected chi connectivity index (χ4v) is 6.47. The number of pyridine rings is 1. The Balaban J connectivity index is 1.74. The Kier molecular flexibility index (Phi) is 5.30. The topological polar surface area (TPSA) is 42.4 Å². The Morgan fingerprint density at radius 2 is 1.62 bits per heavy atom. The van der Waals surface area contributed by atoms with Crippen LogP contribution in [0.5, 0.6) is 0 Å². The number of hydrogen-bond donors (Lipinski definition) is 1. The van der Waals surface area contributed by atoms with Gasteiger partial charge in [0.1, 0.15) is 6.10 Å². The Bertz CT molecular complexity index is 1010. The Hall–Kier alpha value is -1.71. The number of nitrogens with zero attached hydrogens (tertiary/aromatic N) is 1. The zero-order valence-electron chi connectivity index (χ0n) is 20.7. The van der Waals surface area contributed by atoms with Gasteiger partial charge >= 0.3 is 0 Å². The maximum absolute atomic E-state index is 11.4. The van der Waals surface area contributed by atoms with Crippen LogP contribution in [0.3, 0.4) is 0 Å². The molecule has 2 heterocycles. The Morgan fingerprint density at radius 3 is 2.22 bits per heavy atom. The summed E-state index contributed by atoms with van der Waals surface area (Å²) in [6, 6.07) is 9.00. The van der Waals surface area contributed by atoms with E-state index in [-0.39, 0.29) is 17.1 Å². The van der Waals surface area contributed by atoms with Gasteiger partial charge in [-0.05, 0) is 59.6 Å². The summed E-state index contributed by atoms with van der Waals surface area (Å²) in [5.41, 5.74) is 8.33. The van der Waals surface area contributed by atoms with Gasteiger partial charge in [0, 0.05) is 22.5 Å². The highest BCUT2D eigenvalue weighted by molar-refractivity contribution is 5.54. The number of aliphatic hydroxyl groups is 1. The molecule has 1 saturated carbocycles. The van der Waals surface area contributed by atoms with Crippen molar-refractivity contribution in [3.05, 3.63) is 63.5 Å². The van der Waals surface area contributed by atoms with Crippen LogP contribution in [0.4, 0.5) is 0 Å². The van der Waals surface area contributed by atoms with E-state index in [1.807, 2.05) is 0 Å². The van der Waals surface area contributed by atoms with Crippen molar-refractivity contribution in [1.82, 2.24) is 4.98 Å². The zero-order chi connectivity index (χ0) is 22.8. The predicted molar refractivity (Wildman–Crippen MR) is 129 cm³/mol. The molecule has 1 N–H and O–H groups in total. The van der Waals surface area contributed by atoms with Crippen LogP contribution in [0.2, 0.25) is 0 Å². The van der Waals surface area contributed by atoms with Gasteiger partial charge in [0.05, 0.1) is 11.7 Å². The number of fused-ring (bicyclic) bond motifs is 4. The number of ether oxygens (including phenoxy) is 1. The van der Waals surface area contributed by atoms with E-state index in [9.17, 15) is 5.11 Å². The van der Waals surface area contributed by atoms with Crippen molar-refractivity contribution < 1.29 is 9.84 Å². The SMILES string of the molecule is CC(C)c1ccc([C@H]2OC3(CCCC3)c3c2c(C(C)C)nc2c3[C@@H](O)CC(C)(C)C2)cc1. The summed E-state index contributed by atoms with van der Waals surface area (Å²) in [4.78, 5) is 5.27. The Morgan fingerprint density at radius 1 is 0.969 bits per heavy atom. The summed E-state index contributed by atoms with van der Waals surface area (Å²) in [5, 5.41) is 11.4. The molecule has 2 aliphatic carbocycles. The van der Waals surface area contributed by atoms with E-state index in [0.29, 0.717) is 11.8 Å². The van der Waals surface area contributed by atoms with Crippen molar-refractivity contribution in [3.8, 4) is 0 Å².